The Labute approximate surface area is 150 Å². The minimum Gasteiger partial charge on any atom is -0.489 e. The number of aromatic nitrogens is 1. The first-order chi connectivity index (χ1) is 12.5. The fourth-order valence-electron chi connectivity index (χ4n) is 2.62. The van der Waals surface area contributed by atoms with Crippen LogP contribution in [-0.4, -0.2) is 4.98 Å². The van der Waals surface area contributed by atoms with Crippen molar-refractivity contribution >= 4 is 10.9 Å². The van der Waals surface area contributed by atoms with Crippen molar-refractivity contribution in [1.82, 2.24) is 4.98 Å². The number of pyridine rings is 1. The van der Waals surface area contributed by atoms with Gasteiger partial charge in [-0.2, -0.15) is 26.3 Å². The second kappa shape index (κ2) is 6.75. The van der Waals surface area contributed by atoms with E-state index >= 15 is 0 Å². The second-order valence-corrected chi connectivity index (χ2v) is 6.01. The van der Waals surface area contributed by atoms with Crippen molar-refractivity contribution in [3.63, 3.8) is 0 Å². The first-order valence-electron chi connectivity index (χ1n) is 7.80. The summed E-state index contributed by atoms with van der Waals surface area (Å²) in [5.74, 6) is 0.324. The molecule has 2 aromatic carbocycles. The van der Waals surface area contributed by atoms with Gasteiger partial charge < -0.3 is 4.74 Å². The largest absolute Gasteiger partial charge is 0.489 e. The maximum Gasteiger partial charge on any atom is 0.416 e. The van der Waals surface area contributed by atoms with Gasteiger partial charge in [0.05, 0.1) is 16.6 Å². The molecule has 1 heterocycles. The molecule has 0 radical (unpaired) electrons. The average molecular weight is 385 g/mol. The molecule has 0 bridgehead atoms. The lowest BCUT2D eigenvalue weighted by Gasteiger charge is -2.15. The van der Waals surface area contributed by atoms with Gasteiger partial charge in [0.15, 0.2) is 0 Å². The first-order valence-corrected chi connectivity index (χ1v) is 7.80. The fourth-order valence-corrected chi connectivity index (χ4v) is 2.62. The van der Waals surface area contributed by atoms with Crippen LogP contribution in [0.4, 0.5) is 26.3 Å². The van der Waals surface area contributed by atoms with Crippen LogP contribution in [-0.2, 0) is 19.0 Å². The summed E-state index contributed by atoms with van der Waals surface area (Å²) in [6, 6.07) is 8.07. The Kier molecular flexibility index (Phi) is 4.75. The molecule has 142 valence electrons. The van der Waals surface area contributed by atoms with Crippen molar-refractivity contribution in [3.8, 4) is 5.75 Å². The van der Waals surface area contributed by atoms with E-state index in [1.807, 2.05) is 6.92 Å². The van der Waals surface area contributed by atoms with Gasteiger partial charge in [0.1, 0.15) is 12.4 Å². The summed E-state index contributed by atoms with van der Waals surface area (Å²) < 4.78 is 82.8. The number of fused-ring (bicyclic) bond motifs is 1. The molecule has 0 N–H and O–H groups in total. The van der Waals surface area contributed by atoms with Crippen molar-refractivity contribution < 1.29 is 31.1 Å². The topological polar surface area (TPSA) is 22.1 Å². The van der Waals surface area contributed by atoms with Gasteiger partial charge in [-0.1, -0.05) is 0 Å². The predicted molar refractivity (Wildman–Crippen MR) is 87.3 cm³/mol. The lowest BCUT2D eigenvalue weighted by atomic mass is 10.1. The van der Waals surface area contributed by atoms with Crippen molar-refractivity contribution in [1.29, 1.82) is 0 Å². The summed E-state index contributed by atoms with van der Waals surface area (Å²) in [4.78, 5) is 4.17. The molecule has 1 aromatic heterocycles. The predicted octanol–water partition coefficient (Wildman–Crippen LogP) is 6.16. The number of nitrogens with zero attached hydrogens (tertiary/aromatic N) is 1. The lowest BCUT2D eigenvalue weighted by molar-refractivity contribution is -0.143. The first kappa shape index (κ1) is 19.0. The highest BCUT2D eigenvalue weighted by Crippen LogP contribution is 2.36. The third kappa shape index (κ3) is 4.32. The van der Waals surface area contributed by atoms with Crippen LogP contribution >= 0.6 is 0 Å². The molecule has 0 unspecified atom stereocenters. The molecule has 0 aliphatic heterocycles. The SMILES string of the molecule is Cc1ccnc2ccc(OCc3cc(C(F)(F)F)cc(C(F)(F)F)c3)cc12. The van der Waals surface area contributed by atoms with Crippen LogP contribution in [0.25, 0.3) is 10.9 Å². The lowest BCUT2D eigenvalue weighted by Crippen LogP contribution is -2.12. The van der Waals surface area contributed by atoms with Gasteiger partial charge in [0, 0.05) is 11.6 Å². The average Bonchev–Trinajstić information content (AvgIpc) is 2.59. The Hall–Kier alpha value is -2.77. The van der Waals surface area contributed by atoms with Crippen molar-refractivity contribution in [3.05, 3.63) is 70.9 Å². The molecule has 3 aromatic rings. The van der Waals surface area contributed by atoms with Crippen LogP contribution < -0.4 is 4.74 Å². The Morgan fingerprint density at radius 3 is 2.07 bits per heavy atom. The number of rotatable bonds is 3. The number of halogens is 6. The van der Waals surface area contributed by atoms with Crippen LogP contribution in [0.2, 0.25) is 0 Å². The Balaban J connectivity index is 1.90. The molecule has 2 nitrogen and oxygen atoms in total. The zero-order valence-electron chi connectivity index (χ0n) is 13.9. The van der Waals surface area contributed by atoms with E-state index in [2.05, 4.69) is 4.98 Å². The number of hydrogen-bond acceptors (Lipinski definition) is 2. The summed E-state index contributed by atoms with van der Waals surface area (Å²) >= 11 is 0. The van der Waals surface area contributed by atoms with E-state index in [4.69, 9.17) is 4.74 Å². The van der Waals surface area contributed by atoms with Crippen molar-refractivity contribution in [2.24, 2.45) is 0 Å². The van der Waals surface area contributed by atoms with Crippen molar-refractivity contribution in [2.45, 2.75) is 25.9 Å². The van der Waals surface area contributed by atoms with E-state index in [1.54, 1.807) is 30.5 Å². The minimum absolute atomic E-state index is 0.0918. The molecule has 0 saturated heterocycles. The summed E-state index contributed by atoms with van der Waals surface area (Å²) in [5, 5.41) is 0.787. The van der Waals surface area contributed by atoms with Crippen LogP contribution in [0.15, 0.2) is 48.7 Å². The number of ether oxygens (including phenoxy) is 1. The highest BCUT2D eigenvalue weighted by Gasteiger charge is 2.36. The van der Waals surface area contributed by atoms with E-state index in [9.17, 15) is 26.3 Å². The molecular weight excluding hydrogens is 372 g/mol. The third-order valence-corrected chi connectivity index (χ3v) is 3.98. The molecule has 3 rings (SSSR count). The second-order valence-electron chi connectivity index (χ2n) is 6.01. The van der Waals surface area contributed by atoms with E-state index in [0.29, 0.717) is 23.4 Å². The summed E-state index contributed by atoms with van der Waals surface area (Å²) in [5.41, 5.74) is -1.33. The van der Waals surface area contributed by atoms with Gasteiger partial charge in [-0.3, -0.25) is 4.98 Å². The maximum absolute atomic E-state index is 12.9. The molecule has 0 fully saturated rings. The number of aryl methyl sites for hydroxylation is 1. The zero-order chi connectivity index (χ0) is 19.8. The Morgan fingerprint density at radius 1 is 0.852 bits per heavy atom. The van der Waals surface area contributed by atoms with Crippen LogP contribution in [0.1, 0.15) is 22.3 Å². The fraction of sp³-hybridized carbons (Fsp3) is 0.211. The van der Waals surface area contributed by atoms with Gasteiger partial charge in [-0.25, -0.2) is 0 Å². The van der Waals surface area contributed by atoms with E-state index in [0.717, 1.165) is 10.9 Å². The molecule has 0 saturated carbocycles. The van der Waals surface area contributed by atoms with Crippen LogP contribution in [0.3, 0.4) is 0 Å². The van der Waals surface area contributed by atoms with Crippen molar-refractivity contribution in [2.75, 3.05) is 0 Å². The normalized spacial score (nSPS) is 12.4. The molecule has 27 heavy (non-hydrogen) atoms. The molecule has 0 amide bonds. The van der Waals surface area contributed by atoms with Gasteiger partial charge in [0.2, 0.25) is 0 Å². The van der Waals surface area contributed by atoms with E-state index < -0.39 is 30.1 Å². The maximum atomic E-state index is 12.9. The highest BCUT2D eigenvalue weighted by molar-refractivity contribution is 5.83. The monoisotopic (exact) mass is 385 g/mol. The summed E-state index contributed by atoms with van der Waals surface area (Å²) in [6.07, 6.45) is -8.14. The van der Waals surface area contributed by atoms with Gasteiger partial charge in [-0.05, 0) is 60.5 Å². The molecule has 0 atom stereocenters. The molecule has 8 heteroatoms. The number of benzene rings is 2. The third-order valence-electron chi connectivity index (χ3n) is 3.98. The minimum atomic E-state index is -4.89. The quantitative estimate of drug-likeness (QED) is 0.504. The molecule has 0 aliphatic rings. The Bertz CT molecular complexity index is 946. The van der Waals surface area contributed by atoms with E-state index in [1.165, 1.54) is 0 Å². The Morgan fingerprint density at radius 2 is 1.48 bits per heavy atom. The molecule has 0 spiro atoms. The van der Waals surface area contributed by atoms with Gasteiger partial charge in [0.25, 0.3) is 0 Å². The van der Waals surface area contributed by atoms with Gasteiger partial charge in [-0.15, -0.1) is 0 Å². The highest BCUT2D eigenvalue weighted by atomic mass is 19.4. The van der Waals surface area contributed by atoms with E-state index in [-0.39, 0.29) is 11.6 Å². The smallest absolute Gasteiger partial charge is 0.416 e. The number of hydrogen-bond donors (Lipinski definition) is 0. The molecular formula is C19H13F6NO. The summed E-state index contributed by atoms with van der Waals surface area (Å²) in [7, 11) is 0. The number of alkyl halides is 6. The summed E-state index contributed by atoms with van der Waals surface area (Å²) in [6.45, 7) is 1.42. The standard InChI is InChI=1S/C19H13F6NO/c1-11-4-5-26-17-3-2-15(9-16(11)17)27-10-12-6-13(18(20,21)22)8-14(7-12)19(23,24)25/h2-9H,10H2,1H3. The van der Waals surface area contributed by atoms with Crippen LogP contribution in [0, 0.1) is 6.92 Å². The van der Waals surface area contributed by atoms with Gasteiger partial charge >= 0.3 is 12.4 Å². The molecule has 0 aliphatic carbocycles. The zero-order valence-corrected chi connectivity index (χ0v) is 13.9. The van der Waals surface area contributed by atoms with Crippen LogP contribution in [0.5, 0.6) is 5.75 Å².